The summed E-state index contributed by atoms with van der Waals surface area (Å²) in [5, 5.41) is 32.8. The summed E-state index contributed by atoms with van der Waals surface area (Å²) in [5.74, 6) is -0.920. The number of carbonyl (C=O) groups excluding carboxylic acids is 1. The van der Waals surface area contributed by atoms with Crippen molar-refractivity contribution in [3.8, 4) is 0 Å². The van der Waals surface area contributed by atoms with Gasteiger partial charge in [-0.15, -0.1) is 0 Å². The van der Waals surface area contributed by atoms with Crippen molar-refractivity contribution in [2.24, 2.45) is 0 Å². The Kier molecular flexibility index (Phi) is 8.39. The largest absolute Gasteiger partial charge is 0.633 e. The first-order valence-corrected chi connectivity index (χ1v) is 13.6. The zero-order chi connectivity index (χ0) is 32.2. The van der Waals surface area contributed by atoms with Gasteiger partial charge in [0.2, 0.25) is 5.91 Å². The number of allylic oxidation sites excluding steroid dienone is 2. The third-order valence-electron chi connectivity index (χ3n) is 8.19. The maximum absolute atomic E-state index is 14.0. The maximum Gasteiger partial charge on any atom is 0.416 e. The molecule has 1 fully saturated rings. The molecule has 2 N–H and O–H groups in total. The van der Waals surface area contributed by atoms with E-state index >= 15 is 0 Å². The lowest BCUT2D eigenvalue weighted by Crippen LogP contribution is -2.68. The Morgan fingerprint density at radius 2 is 1.51 bits per heavy atom. The van der Waals surface area contributed by atoms with E-state index in [9.17, 15) is 41.6 Å². The molecule has 0 spiro atoms. The molecule has 0 aromatic heterocycles. The molecular formula is C30H34F6N4O3. The molecule has 13 heteroatoms. The number of hydroxylamine groups is 6. The van der Waals surface area contributed by atoms with Crippen LogP contribution in [0, 0.1) is 17.3 Å². The van der Waals surface area contributed by atoms with E-state index in [0.29, 0.717) is 29.8 Å². The predicted octanol–water partition coefficient (Wildman–Crippen LogP) is 5.59. The average molecular weight is 613 g/mol. The van der Waals surface area contributed by atoms with Crippen LogP contribution >= 0.6 is 0 Å². The molecule has 4 atom stereocenters. The lowest BCUT2D eigenvalue weighted by atomic mass is 9.81. The van der Waals surface area contributed by atoms with Gasteiger partial charge in [0.1, 0.15) is 12.6 Å². The molecule has 234 valence electrons. The zero-order valence-corrected chi connectivity index (χ0v) is 24.4. The first kappa shape index (κ1) is 32.7. The van der Waals surface area contributed by atoms with E-state index in [1.807, 2.05) is 13.0 Å². The van der Waals surface area contributed by atoms with Gasteiger partial charge in [0.05, 0.1) is 49.1 Å². The van der Waals surface area contributed by atoms with Crippen molar-refractivity contribution in [2.75, 3.05) is 33.7 Å². The second-order valence-electron chi connectivity index (χ2n) is 12.1. The Morgan fingerprint density at radius 1 is 0.953 bits per heavy atom. The Hall–Kier alpha value is -3.23. The molecule has 43 heavy (non-hydrogen) atoms. The smallest absolute Gasteiger partial charge is 0.416 e. The number of piperazine rings is 1. The van der Waals surface area contributed by atoms with Crippen LogP contribution in [-0.4, -0.2) is 61.0 Å². The fourth-order valence-electron chi connectivity index (χ4n) is 5.63. The van der Waals surface area contributed by atoms with Crippen molar-refractivity contribution >= 4 is 11.5 Å². The van der Waals surface area contributed by atoms with E-state index in [-0.39, 0.29) is 24.9 Å². The van der Waals surface area contributed by atoms with Gasteiger partial charge in [0.15, 0.2) is 6.04 Å². The molecular weight excluding hydrogens is 578 g/mol. The van der Waals surface area contributed by atoms with Crippen molar-refractivity contribution in [1.82, 2.24) is 10.6 Å². The van der Waals surface area contributed by atoms with Crippen LogP contribution in [0.3, 0.4) is 0 Å². The van der Waals surface area contributed by atoms with Crippen molar-refractivity contribution in [3.05, 3.63) is 98.7 Å². The first-order chi connectivity index (χ1) is 19.6. The fraction of sp³-hybridized carbons (Fsp3) is 0.433. The molecule has 4 unspecified atom stereocenters. The lowest BCUT2D eigenvalue weighted by molar-refractivity contribution is -0.878. The van der Waals surface area contributed by atoms with Crippen LogP contribution < -0.4 is 10.6 Å². The Labute approximate surface area is 245 Å². The SMILES string of the molecule is Cc1ccccc1C1=C(NC(=O)C(C)(C)c2cc(C(F)(F)F)cc(C(F)(F)F)c2)C(C2C[N+](C)([O-])CCN2)[N+](C)([O-])C=C1. The molecule has 4 rings (SSSR count). The topological polar surface area (TPSA) is 87.2 Å². The molecule has 2 aliphatic heterocycles. The second kappa shape index (κ2) is 11.0. The number of likely N-dealkylation sites (N-methyl/N-ethyl adjacent to an activating group) is 2. The summed E-state index contributed by atoms with van der Waals surface area (Å²) in [6, 6.07) is 6.42. The number of aryl methyl sites for hydroxylation is 1. The highest BCUT2D eigenvalue weighted by molar-refractivity contribution is 5.92. The molecule has 1 amide bonds. The number of carbonyl (C=O) groups is 1. The monoisotopic (exact) mass is 612 g/mol. The van der Waals surface area contributed by atoms with E-state index in [2.05, 4.69) is 10.6 Å². The van der Waals surface area contributed by atoms with Crippen LogP contribution in [0.5, 0.6) is 0 Å². The molecule has 2 aliphatic rings. The van der Waals surface area contributed by atoms with Crippen LogP contribution in [0.25, 0.3) is 5.57 Å². The highest BCUT2D eigenvalue weighted by atomic mass is 19.4. The first-order valence-electron chi connectivity index (χ1n) is 13.6. The number of benzene rings is 2. The number of hydrogen-bond donors (Lipinski definition) is 2. The summed E-state index contributed by atoms with van der Waals surface area (Å²) >= 11 is 0. The van der Waals surface area contributed by atoms with Crippen molar-refractivity contribution < 1.29 is 40.4 Å². The summed E-state index contributed by atoms with van der Waals surface area (Å²) in [7, 11) is 2.82. The molecule has 1 saturated heterocycles. The standard InChI is InChI=1S/C30H34F6N4O3/c1-18-8-6-7-9-22(18)23-10-12-40(5,43)26(24-17-39(4,42)13-11-37-24)25(23)38-27(41)28(2,3)19-14-20(29(31,32)33)16-21(15-19)30(34,35)36/h6-10,12,14-16,24,26,37H,11,13,17H2,1-5H3,(H,38,41). The minimum atomic E-state index is -5.10. The summed E-state index contributed by atoms with van der Waals surface area (Å²) in [6.07, 6.45) is -7.27. The van der Waals surface area contributed by atoms with E-state index < -0.39 is 61.7 Å². The van der Waals surface area contributed by atoms with Gasteiger partial charge in [0, 0.05) is 18.2 Å². The number of alkyl halides is 6. The normalized spacial score (nSPS) is 26.9. The average Bonchev–Trinajstić information content (AvgIpc) is 2.87. The van der Waals surface area contributed by atoms with E-state index in [1.165, 1.54) is 40.2 Å². The maximum atomic E-state index is 14.0. The predicted molar refractivity (Wildman–Crippen MR) is 149 cm³/mol. The number of hydrogen-bond acceptors (Lipinski definition) is 4. The molecule has 2 heterocycles. The van der Waals surface area contributed by atoms with Crippen LogP contribution in [0.2, 0.25) is 0 Å². The van der Waals surface area contributed by atoms with Gasteiger partial charge in [0.25, 0.3) is 0 Å². The van der Waals surface area contributed by atoms with Gasteiger partial charge >= 0.3 is 12.4 Å². The van der Waals surface area contributed by atoms with Crippen LogP contribution in [0.15, 0.2) is 60.4 Å². The fourth-order valence-corrected chi connectivity index (χ4v) is 5.63. The lowest BCUT2D eigenvalue weighted by Gasteiger charge is -2.53. The number of nitrogens with zero attached hydrogens (tertiary/aromatic N) is 2. The van der Waals surface area contributed by atoms with Gasteiger partial charge in [-0.05, 0) is 55.7 Å². The van der Waals surface area contributed by atoms with Crippen LogP contribution in [0.4, 0.5) is 26.3 Å². The van der Waals surface area contributed by atoms with Crippen LogP contribution in [0.1, 0.15) is 41.7 Å². The number of quaternary nitrogens is 2. The highest BCUT2D eigenvalue weighted by Crippen LogP contribution is 2.40. The molecule has 0 bridgehead atoms. The molecule has 2 aromatic carbocycles. The number of rotatable bonds is 5. The van der Waals surface area contributed by atoms with Gasteiger partial charge in [-0.25, -0.2) is 0 Å². The summed E-state index contributed by atoms with van der Waals surface area (Å²) < 4.78 is 80.1. The molecule has 0 saturated carbocycles. The second-order valence-corrected chi connectivity index (χ2v) is 12.1. The van der Waals surface area contributed by atoms with Crippen molar-refractivity contribution in [3.63, 3.8) is 0 Å². The Balaban J connectivity index is 1.87. The number of amides is 1. The summed E-state index contributed by atoms with van der Waals surface area (Å²) in [5.41, 5.74) is -3.48. The molecule has 2 aromatic rings. The summed E-state index contributed by atoms with van der Waals surface area (Å²) in [6.45, 7) is 4.79. The van der Waals surface area contributed by atoms with Crippen LogP contribution in [-0.2, 0) is 22.6 Å². The highest BCUT2D eigenvalue weighted by Gasteiger charge is 2.46. The Morgan fingerprint density at radius 3 is 2.05 bits per heavy atom. The van der Waals surface area contributed by atoms with E-state index in [0.717, 1.165) is 5.56 Å². The molecule has 0 aliphatic carbocycles. The van der Waals surface area contributed by atoms with Gasteiger partial charge in [-0.1, -0.05) is 24.3 Å². The minimum Gasteiger partial charge on any atom is -0.633 e. The van der Waals surface area contributed by atoms with Crippen molar-refractivity contribution in [2.45, 2.75) is 50.6 Å². The summed E-state index contributed by atoms with van der Waals surface area (Å²) in [4.78, 5) is 14.0. The number of nitrogens with one attached hydrogen (secondary N) is 2. The number of halogens is 6. The Bertz CT molecular complexity index is 1430. The zero-order valence-electron chi connectivity index (χ0n) is 24.4. The quantitative estimate of drug-likeness (QED) is 0.262. The van der Waals surface area contributed by atoms with Gasteiger partial charge in [-0.3, -0.25) is 10.1 Å². The van der Waals surface area contributed by atoms with E-state index in [1.54, 1.807) is 18.2 Å². The third kappa shape index (κ3) is 6.80. The minimum absolute atomic E-state index is 0.00548. The third-order valence-corrected chi connectivity index (χ3v) is 8.19. The van der Waals surface area contributed by atoms with Gasteiger partial charge in [-0.2, -0.15) is 26.3 Å². The van der Waals surface area contributed by atoms with Gasteiger partial charge < -0.3 is 25.0 Å². The van der Waals surface area contributed by atoms with Crippen molar-refractivity contribution in [1.29, 1.82) is 0 Å². The van der Waals surface area contributed by atoms with E-state index in [4.69, 9.17) is 0 Å². The molecule has 0 radical (unpaired) electrons. The molecule has 7 nitrogen and oxygen atoms in total.